The Morgan fingerprint density at radius 1 is 1.43 bits per heavy atom. The molecule has 4 nitrogen and oxygen atoms in total. The number of carbonyl (C=O) groups is 1. The molecule has 0 aromatic heterocycles. The molecule has 0 saturated carbocycles. The fourth-order valence-corrected chi connectivity index (χ4v) is 1.56. The van der Waals surface area contributed by atoms with E-state index in [2.05, 4.69) is 5.32 Å². The van der Waals surface area contributed by atoms with E-state index in [0.29, 0.717) is 18.5 Å². The molecule has 1 aromatic rings. The van der Waals surface area contributed by atoms with Crippen LogP contribution >= 0.6 is 0 Å². The average Bonchev–Trinajstić information content (AvgIpc) is 2.35. The number of alkyl carbamates (subject to hydrolysis) is 1. The standard InChI is InChI=1S/C16H19FN2O2/c1-16(2,3)21-15(20)19-7-5-4-6-12-8-13(11-18)10-14(17)9-12/h4,6,8-10H,5,7H2,1-3H3,(H,19,20). The molecule has 0 atom stereocenters. The van der Waals surface area contributed by atoms with E-state index in [4.69, 9.17) is 10.00 Å². The summed E-state index contributed by atoms with van der Waals surface area (Å²) in [6, 6.07) is 6.02. The van der Waals surface area contributed by atoms with Crippen LogP contribution in [-0.4, -0.2) is 18.2 Å². The zero-order chi connectivity index (χ0) is 15.9. The predicted octanol–water partition coefficient (Wildman–Crippen LogP) is 3.63. The fraction of sp³-hybridized carbons (Fsp3) is 0.375. The Labute approximate surface area is 124 Å². The van der Waals surface area contributed by atoms with Crippen LogP contribution < -0.4 is 5.32 Å². The quantitative estimate of drug-likeness (QED) is 0.861. The van der Waals surface area contributed by atoms with Crippen molar-refractivity contribution < 1.29 is 13.9 Å². The number of amides is 1. The molecule has 1 aromatic carbocycles. The molecule has 1 amide bonds. The Hall–Kier alpha value is -2.35. The van der Waals surface area contributed by atoms with E-state index in [9.17, 15) is 9.18 Å². The lowest BCUT2D eigenvalue weighted by Crippen LogP contribution is -2.32. The number of halogens is 1. The number of benzene rings is 1. The Bertz CT molecular complexity index is 569. The van der Waals surface area contributed by atoms with Crippen LogP contribution in [0.4, 0.5) is 9.18 Å². The molecular weight excluding hydrogens is 271 g/mol. The highest BCUT2D eigenvalue weighted by Crippen LogP contribution is 2.10. The SMILES string of the molecule is CC(C)(C)OC(=O)NCCC=Cc1cc(F)cc(C#N)c1. The minimum atomic E-state index is -0.519. The van der Waals surface area contributed by atoms with Crippen LogP contribution in [0.15, 0.2) is 24.3 Å². The average molecular weight is 290 g/mol. The smallest absolute Gasteiger partial charge is 0.407 e. The summed E-state index contributed by atoms with van der Waals surface area (Å²) >= 11 is 0. The number of nitrogens with one attached hydrogen (secondary N) is 1. The number of carbonyl (C=O) groups excluding carboxylic acids is 1. The summed E-state index contributed by atoms with van der Waals surface area (Å²) in [6.45, 7) is 5.81. The maximum atomic E-state index is 13.2. The number of hydrogen-bond acceptors (Lipinski definition) is 3. The van der Waals surface area contributed by atoms with E-state index in [1.807, 2.05) is 6.07 Å². The molecule has 0 bridgehead atoms. The number of nitrogens with zero attached hydrogens (tertiary/aromatic N) is 1. The minimum Gasteiger partial charge on any atom is -0.444 e. The first-order valence-corrected chi connectivity index (χ1v) is 6.64. The number of nitriles is 1. The van der Waals surface area contributed by atoms with Crippen molar-refractivity contribution >= 4 is 12.2 Å². The van der Waals surface area contributed by atoms with Crippen LogP contribution in [-0.2, 0) is 4.74 Å². The Balaban J connectivity index is 2.41. The first-order chi connectivity index (χ1) is 9.80. The van der Waals surface area contributed by atoms with E-state index >= 15 is 0 Å². The molecule has 0 aliphatic rings. The highest BCUT2D eigenvalue weighted by molar-refractivity contribution is 5.67. The predicted molar refractivity (Wildman–Crippen MR) is 79.0 cm³/mol. The van der Waals surface area contributed by atoms with E-state index < -0.39 is 17.5 Å². The van der Waals surface area contributed by atoms with Gasteiger partial charge in [-0.1, -0.05) is 12.2 Å². The lowest BCUT2D eigenvalue weighted by atomic mass is 10.1. The van der Waals surface area contributed by atoms with Crippen molar-refractivity contribution in [3.63, 3.8) is 0 Å². The Kier molecular flexibility index (Phi) is 5.92. The van der Waals surface area contributed by atoms with Gasteiger partial charge in [0.1, 0.15) is 11.4 Å². The molecule has 5 heteroatoms. The second-order valence-corrected chi connectivity index (χ2v) is 5.50. The lowest BCUT2D eigenvalue weighted by Gasteiger charge is -2.19. The Morgan fingerprint density at radius 2 is 2.14 bits per heavy atom. The van der Waals surface area contributed by atoms with Crippen LogP contribution in [0, 0.1) is 17.1 Å². The summed E-state index contributed by atoms with van der Waals surface area (Å²) in [6.07, 6.45) is 3.62. The van der Waals surface area contributed by atoms with Crippen LogP contribution in [0.5, 0.6) is 0 Å². The zero-order valence-corrected chi connectivity index (χ0v) is 12.4. The molecule has 112 valence electrons. The first-order valence-electron chi connectivity index (χ1n) is 6.64. The van der Waals surface area contributed by atoms with Gasteiger partial charge < -0.3 is 10.1 Å². The van der Waals surface area contributed by atoms with Crippen molar-refractivity contribution in [3.05, 3.63) is 41.2 Å². The third-order valence-electron chi connectivity index (χ3n) is 2.34. The molecule has 21 heavy (non-hydrogen) atoms. The summed E-state index contributed by atoms with van der Waals surface area (Å²) in [5.74, 6) is -0.444. The van der Waals surface area contributed by atoms with Gasteiger partial charge in [0.05, 0.1) is 11.6 Å². The number of ether oxygens (including phenoxy) is 1. The maximum absolute atomic E-state index is 13.2. The Morgan fingerprint density at radius 3 is 2.76 bits per heavy atom. The van der Waals surface area contributed by atoms with Gasteiger partial charge >= 0.3 is 6.09 Å². The highest BCUT2D eigenvalue weighted by atomic mass is 19.1. The van der Waals surface area contributed by atoms with Crippen molar-refractivity contribution in [1.29, 1.82) is 5.26 Å². The van der Waals surface area contributed by atoms with Crippen LogP contribution in [0.2, 0.25) is 0 Å². The van der Waals surface area contributed by atoms with Crippen LogP contribution in [0.25, 0.3) is 6.08 Å². The summed E-state index contributed by atoms with van der Waals surface area (Å²) in [4.78, 5) is 11.4. The van der Waals surface area contributed by atoms with Gasteiger partial charge in [0, 0.05) is 6.54 Å². The van der Waals surface area contributed by atoms with Crippen LogP contribution in [0.1, 0.15) is 38.3 Å². The molecule has 0 saturated heterocycles. The summed E-state index contributed by atoms with van der Waals surface area (Å²) < 4.78 is 18.3. The fourth-order valence-electron chi connectivity index (χ4n) is 1.56. The van der Waals surface area contributed by atoms with E-state index in [-0.39, 0.29) is 5.56 Å². The lowest BCUT2D eigenvalue weighted by molar-refractivity contribution is 0.0529. The van der Waals surface area contributed by atoms with Crippen molar-refractivity contribution in [2.45, 2.75) is 32.8 Å². The van der Waals surface area contributed by atoms with Gasteiger partial charge in [0.15, 0.2) is 0 Å². The van der Waals surface area contributed by atoms with Gasteiger partial charge in [-0.15, -0.1) is 0 Å². The zero-order valence-electron chi connectivity index (χ0n) is 12.4. The van der Waals surface area contributed by atoms with E-state index in [0.717, 1.165) is 0 Å². The molecule has 1 N–H and O–H groups in total. The van der Waals surface area contributed by atoms with Gasteiger partial charge in [-0.3, -0.25) is 0 Å². The van der Waals surface area contributed by atoms with Gasteiger partial charge in [-0.2, -0.15) is 5.26 Å². The number of hydrogen-bond donors (Lipinski definition) is 1. The van der Waals surface area contributed by atoms with Gasteiger partial charge in [-0.05, 0) is 51.0 Å². The summed E-state index contributed by atoms with van der Waals surface area (Å²) in [5, 5.41) is 11.4. The first kappa shape index (κ1) is 16.7. The maximum Gasteiger partial charge on any atom is 0.407 e. The van der Waals surface area contributed by atoms with E-state index in [1.54, 1.807) is 39.0 Å². The third-order valence-corrected chi connectivity index (χ3v) is 2.34. The van der Waals surface area contributed by atoms with Gasteiger partial charge in [-0.25, -0.2) is 9.18 Å². The normalized spacial score (nSPS) is 11.2. The van der Waals surface area contributed by atoms with Crippen LogP contribution in [0.3, 0.4) is 0 Å². The van der Waals surface area contributed by atoms with Crippen molar-refractivity contribution in [2.75, 3.05) is 6.54 Å². The molecular formula is C16H19FN2O2. The molecule has 0 aliphatic carbocycles. The minimum absolute atomic E-state index is 0.279. The van der Waals surface area contributed by atoms with E-state index in [1.165, 1.54) is 12.1 Å². The second-order valence-electron chi connectivity index (χ2n) is 5.50. The van der Waals surface area contributed by atoms with Crippen molar-refractivity contribution in [3.8, 4) is 6.07 Å². The largest absolute Gasteiger partial charge is 0.444 e. The summed E-state index contributed by atoms with van der Waals surface area (Å²) in [7, 11) is 0. The second kappa shape index (κ2) is 7.44. The molecule has 0 aliphatic heterocycles. The molecule has 0 radical (unpaired) electrons. The van der Waals surface area contributed by atoms with Crippen molar-refractivity contribution in [2.24, 2.45) is 0 Å². The third kappa shape index (κ3) is 7.11. The molecule has 0 spiro atoms. The monoisotopic (exact) mass is 290 g/mol. The molecule has 0 fully saturated rings. The van der Waals surface area contributed by atoms with Gasteiger partial charge in [0.25, 0.3) is 0 Å². The van der Waals surface area contributed by atoms with Crippen molar-refractivity contribution in [1.82, 2.24) is 5.32 Å². The number of rotatable bonds is 4. The topological polar surface area (TPSA) is 62.1 Å². The molecule has 1 rings (SSSR count). The van der Waals surface area contributed by atoms with Gasteiger partial charge in [0.2, 0.25) is 0 Å². The summed E-state index contributed by atoms with van der Waals surface area (Å²) in [5.41, 5.74) is 0.375. The molecule has 0 unspecified atom stereocenters. The molecule has 0 heterocycles. The highest BCUT2D eigenvalue weighted by Gasteiger charge is 2.15.